The van der Waals surface area contributed by atoms with Gasteiger partial charge < -0.3 is 5.11 Å². The normalized spacial score (nSPS) is 11.4. The van der Waals surface area contributed by atoms with E-state index in [-0.39, 0.29) is 16.4 Å². The van der Waals surface area contributed by atoms with E-state index in [1.165, 1.54) is 6.92 Å². The number of H-pyrrole nitrogens is 1. The summed E-state index contributed by atoms with van der Waals surface area (Å²) in [4.78, 5) is 10.5. The van der Waals surface area contributed by atoms with Crippen LogP contribution in [0.15, 0.2) is 23.1 Å². The molecule has 112 valence electrons. The maximum Gasteiger partial charge on any atom is 0.357 e. The van der Waals surface area contributed by atoms with E-state index in [1.807, 2.05) is 0 Å². The van der Waals surface area contributed by atoms with Crippen molar-refractivity contribution in [2.75, 3.05) is 4.72 Å². The van der Waals surface area contributed by atoms with Gasteiger partial charge in [-0.3, -0.25) is 9.82 Å². The summed E-state index contributed by atoms with van der Waals surface area (Å²) in [7, 11) is -4.21. The number of anilines is 1. The van der Waals surface area contributed by atoms with Gasteiger partial charge >= 0.3 is 5.97 Å². The Kier molecular flexibility index (Phi) is 3.88. The smallest absolute Gasteiger partial charge is 0.357 e. The second-order valence-corrected chi connectivity index (χ2v) is 6.09. The molecule has 10 heteroatoms. The number of nitrogens with one attached hydrogen (secondary N) is 2. The number of halogens is 2. The van der Waals surface area contributed by atoms with Crippen LogP contribution < -0.4 is 4.72 Å². The van der Waals surface area contributed by atoms with E-state index >= 15 is 0 Å². The van der Waals surface area contributed by atoms with Gasteiger partial charge in [0, 0.05) is 0 Å². The van der Waals surface area contributed by atoms with Crippen molar-refractivity contribution in [3.63, 3.8) is 0 Å². The third-order valence-electron chi connectivity index (χ3n) is 2.53. The van der Waals surface area contributed by atoms with Crippen molar-refractivity contribution >= 4 is 33.3 Å². The topological polar surface area (TPSA) is 112 Å². The first kappa shape index (κ1) is 15.3. The van der Waals surface area contributed by atoms with Crippen LogP contribution >= 0.6 is 11.6 Å². The average Bonchev–Trinajstić information content (AvgIpc) is 2.76. The van der Waals surface area contributed by atoms with Crippen LogP contribution in [0.25, 0.3) is 0 Å². The predicted octanol–water partition coefficient (Wildman–Crippen LogP) is 2.01. The first-order chi connectivity index (χ1) is 9.72. The molecule has 0 fully saturated rings. The number of benzene rings is 1. The van der Waals surface area contributed by atoms with Crippen LogP contribution in [-0.2, 0) is 10.0 Å². The molecule has 1 aromatic heterocycles. The quantitative estimate of drug-likeness (QED) is 0.792. The Morgan fingerprint density at radius 2 is 2.14 bits per heavy atom. The van der Waals surface area contributed by atoms with Crippen molar-refractivity contribution in [2.24, 2.45) is 0 Å². The largest absolute Gasteiger partial charge is 0.476 e. The number of sulfonamides is 1. The number of hydrogen-bond donors (Lipinski definition) is 3. The number of nitrogens with zero attached hydrogens (tertiary/aromatic N) is 1. The van der Waals surface area contributed by atoms with Crippen LogP contribution in [0.2, 0.25) is 5.02 Å². The Balaban J connectivity index is 2.45. The zero-order valence-corrected chi connectivity index (χ0v) is 12.1. The predicted molar refractivity (Wildman–Crippen MR) is 72.5 cm³/mol. The van der Waals surface area contributed by atoms with Gasteiger partial charge in [-0.2, -0.15) is 5.10 Å². The lowest BCUT2D eigenvalue weighted by Crippen LogP contribution is -2.17. The zero-order chi connectivity index (χ0) is 15.8. The van der Waals surface area contributed by atoms with Crippen LogP contribution in [0.1, 0.15) is 16.2 Å². The molecule has 0 amide bonds. The number of aromatic carboxylic acids is 1. The summed E-state index contributed by atoms with van der Waals surface area (Å²) < 4.78 is 39.6. The molecule has 0 spiro atoms. The number of rotatable bonds is 4. The highest BCUT2D eigenvalue weighted by molar-refractivity contribution is 7.92. The molecular formula is C11H9ClFN3O4S. The van der Waals surface area contributed by atoms with Crippen LogP contribution in [0.3, 0.4) is 0 Å². The molecule has 1 heterocycles. The van der Waals surface area contributed by atoms with Gasteiger partial charge in [-0.25, -0.2) is 17.6 Å². The number of carbonyl (C=O) groups is 1. The minimum Gasteiger partial charge on any atom is -0.476 e. The Morgan fingerprint density at radius 1 is 1.48 bits per heavy atom. The fourth-order valence-corrected chi connectivity index (χ4v) is 3.21. The average molecular weight is 334 g/mol. The number of hydrogen-bond acceptors (Lipinski definition) is 4. The first-order valence-corrected chi connectivity index (χ1v) is 7.34. The fraction of sp³-hybridized carbons (Fsp3) is 0.0909. The molecule has 2 rings (SSSR count). The minimum atomic E-state index is -4.21. The molecule has 0 atom stereocenters. The molecule has 0 aliphatic heterocycles. The third kappa shape index (κ3) is 2.98. The van der Waals surface area contributed by atoms with E-state index in [1.54, 1.807) is 0 Å². The van der Waals surface area contributed by atoms with Crippen molar-refractivity contribution in [3.05, 3.63) is 40.4 Å². The summed E-state index contributed by atoms with van der Waals surface area (Å²) >= 11 is 5.56. The second kappa shape index (κ2) is 5.34. The molecule has 0 aliphatic rings. The molecule has 21 heavy (non-hydrogen) atoms. The standard InChI is InChI=1S/C11H9ClFN3O4S/c1-5-10(9(11(17)18)15-14-5)21(19,20)16-6-2-3-8(13)7(12)4-6/h2-4,16H,1H3,(H,14,15)(H,17,18). The Hall–Kier alpha value is -2.13. The van der Waals surface area contributed by atoms with Gasteiger partial charge in [-0.05, 0) is 25.1 Å². The highest BCUT2D eigenvalue weighted by Gasteiger charge is 2.28. The van der Waals surface area contributed by atoms with Crippen LogP contribution in [0.5, 0.6) is 0 Å². The Morgan fingerprint density at radius 3 is 2.71 bits per heavy atom. The van der Waals surface area contributed by atoms with Gasteiger partial charge in [0.05, 0.1) is 16.4 Å². The van der Waals surface area contributed by atoms with Crippen LogP contribution in [0, 0.1) is 12.7 Å². The zero-order valence-electron chi connectivity index (χ0n) is 10.5. The van der Waals surface area contributed by atoms with Crippen molar-refractivity contribution < 1.29 is 22.7 Å². The van der Waals surface area contributed by atoms with E-state index in [4.69, 9.17) is 16.7 Å². The van der Waals surface area contributed by atoms with Crippen molar-refractivity contribution in [2.45, 2.75) is 11.8 Å². The number of aromatic nitrogens is 2. The lowest BCUT2D eigenvalue weighted by Gasteiger charge is -2.08. The van der Waals surface area contributed by atoms with E-state index in [2.05, 4.69) is 14.9 Å². The maximum atomic E-state index is 13.0. The molecule has 0 bridgehead atoms. The van der Waals surface area contributed by atoms with Crippen LogP contribution in [-0.4, -0.2) is 29.7 Å². The third-order valence-corrected chi connectivity index (χ3v) is 4.37. The Labute approximate surface area is 123 Å². The number of aryl methyl sites for hydroxylation is 1. The molecule has 0 saturated carbocycles. The molecule has 0 aliphatic carbocycles. The molecule has 7 nitrogen and oxygen atoms in total. The van der Waals surface area contributed by atoms with Gasteiger partial charge in [-0.15, -0.1) is 0 Å². The summed E-state index contributed by atoms with van der Waals surface area (Å²) in [6.45, 7) is 1.37. The maximum absolute atomic E-state index is 13.0. The van der Waals surface area contributed by atoms with Crippen molar-refractivity contribution in [3.8, 4) is 0 Å². The summed E-state index contributed by atoms with van der Waals surface area (Å²) in [6.07, 6.45) is 0. The fourth-order valence-electron chi connectivity index (χ4n) is 1.66. The molecular weight excluding hydrogens is 325 g/mol. The highest BCUT2D eigenvalue weighted by atomic mass is 35.5. The van der Waals surface area contributed by atoms with Gasteiger partial charge in [-0.1, -0.05) is 11.6 Å². The number of carboxylic acids is 1. The second-order valence-electron chi connectivity index (χ2n) is 4.07. The van der Waals surface area contributed by atoms with E-state index in [9.17, 15) is 17.6 Å². The van der Waals surface area contributed by atoms with Gasteiger partial charge in [0.1, 0.15) is 10.7 Å². The van der Waals surface area contributed by atoms with Crippen LogP contribution in [0.4, 0.5) is 10.1 Å². The number of aromatic amines is 1. The van der Waals surface area contributed by atoms with Gasteiger partial charge in [0.2, 0.25) is 0 Å². The highest BCUT2D eigenvalue weighted by Crippen LogP contribution is 2.24. The summed E-state index contributed by atoms with van der Waals surface area (Å²) in [5.74, 6) is -2.19. The van der Waals surface area contributed by atoms with E-state index in [0.717, 1.165) is 18.2 Å². The van der Waals surface area contributed by atoms with Gasteiger partial charge in [0.25, 0.3) is 10.0 Å². The van der Waals surface area contributed by atoms with Gasteiger partial charge in [0.15, 0.2) is 5.69 Å². The summed E-state index contributed by atoms with van der Waals surface area (Å²) in [5, 5.41) is 14.4. The SMILES string of the molecule is Cc1[nH]nc(C(=O)O)c1S(=O)(=O)Nc1ccc(F)c(Cl)c1. The first-order valence-electron chi connectivity index (χ1n) is 5.48. The molecule has 0 unspecified atom stereocenters. The Bertz CT molecular complexity index is 819. The monoisotopic (exact) mass is 333 g/mol. The molecule has 2 aromatic rings. The lowest BCUT2D eigenvalue weighted by atomic mass is 10.3. The summed E-state index contributed by atoms with van der Waals surface area (Å²) in [6, 6.07) is 3.22. The minimum absolute atomic E-state index is 0.00154. The van der Waals surface area contributed by atoms with Crippen molar-refractivity contribution in [1.82, 2.24) is 10.2 Å². The van der Waals surface area contributed by atoms with E-state index in [0.29, 0.717) is 0 Å². The van der Waals surface area contributed by atoms with E-state index < -0.39 is 32.4 Å². The molecule has 1 aromatic carbocycles. The van der Waals surface area contributed by atoms with Crippen molar-refractivity contribution in [1.29, 1.82) is 0 Å². The summed E-state index contributed by atoms with van der Waals surface area (Å²) in [5.41, 5.74) is -0.570. The molecule has 3 N–H and O–H groups in total. The molecule has 0 saturated heterocycles. The lowest BCUT2D eigenvalue weighted by molar-refractivity contribution is 0.0686. The number of carboxylic acid groups (broad SMARTS) is 1. The molecule has 0 radical (unpaired) electrons.